The Labute approximate surface area is 181 Å². The van der Waals surface area contributed by atoms with Crippen LogP contribution >= 0.6 is 15.9 Å². The van der Waals surface area contributed by atoms with Gasteiger partial charge in [0.15, 0.2) is 6.61 Å². The molecule has 2 amide bonds. The minimum atomic E-state index is -0.668. The highest BCUT2D eigenvalue weighted by Gasteiger charge is 2.36. The highest BCUT2D eigenvalue weighted by molar-refractivity contribution is 9.10. The van der Waals surface area contributed by atoms with E-state index in [0.717, 1.165) is 4.47 Å². The van der Waals surface area contributed by atoms with Crippen LogP contribution in [0.3, 0.4) is 0 Å². The number of ether oxygens (including phenoxy) is 2. The fraction of sp³-hybridized carbons (Fsp3) is 0.238. The van der Waals surface area contributed by atoms with E-state index in [9.17, 15) is 19.2 Å². The fourth-order valence-electron chi connectivity index (χ4n) is 3.00. The van der Waals surface area contributed by atoms with E-state index in [4.69, 9.17) is 4.74 Å². The molecule has 1 atom stereocenters. The molecule has 30 heavy (non-hydrogen) atoms. The van der Waals surface area contributed by atoms with E-state index in [1.165, 1.54) is 12.0 Å². The van der Waals surface area contributed by atoms with Crippen LogP contribution < -0.4 is 10.2 Å². The Balaban J connectivity index is 1.52. The number of carbonyl (C=O) groups is 4. The van der Waals surface area contributed by atoms with Crippen molar-refractivity contribution in [2.24, 2.45) is 5.92 Å². The van der Waals surface area contributed by atoms with E-state index in [1.807, 2.05) is 0 Å². The molecule has 8 nitrogen and oxygen atoms in total. The summed E-state index contributed by atoms with van der Waals surface area (Å²) < 4.78 is 10.6. The summed E-state index contributed by atoms with van der Waals surface area (Å²) in [5.74, 6) is -2.45. The van der Waals surface area contributed by atoms with Crippen LogP contribution in [0.25, 0.3) is 0 Å². The van der Waals surface area contributed by atoms with Gasteiger partial charge in [-0.05, 0) is 48.5 Å². The highest BCUT2D eigenvalue weighted by atomic mass is 79.9. The van der Waals surface area contributed by atoms with Crippen LogP contribution in [0.1, 0.15) is 16.8 Å². The van der Waals surface area contributed by atoms with Crippen molar-refractivity contribution in [2.75, 3.05) is 30.5 Å². The summed E-state index contributed by atoms with van der Waals surface area (Å²) in [7, 11) is 1.29. The summed E-state index contributed by atoms with van der Waals surface area (Å²) in [5, 5.41) is 2.63. The second-order valence-corrected chi connectivity index (χ2v) is 7.52. The first-order valence-electron chi connectivity index (χ1n) is 9.08. The molecule has 9 heteroatoms. The third-order valence-electron chi connectivity index (χ3n) is 4.53. The van der Waals surface area contributed by atoms with Crippen LogP contribution in [-0.2, 0) is 23.9 Å². The van der Waals surface area contributed by atoms with Crippen LogP contribution in [0.15, 0.2) is 53.0 Å². The van der Waals surface area contributed by atoms with Gasteiger partial charge >= 0.3 is 11.9 Å². The number of rotatable bonds is 6. The quantitative estimate of drug-likeness (QED) is 0.645. The van der Waals surface area contributed by atoms with Gasteiger partial charge < -0.3 is 19.7 Å². The third-order valence-corrected chi connectivity index (χ3v) is 5.06. The fourth-order valence-corrected chi connectivity index (χ4v) is 3.26. The Kier molecular flexibility index (Phi) is 6.83. The molecule has 0 aliphatic carbocycles. The second kappa shape index (κ2) is 9.53. The number of anilines is 2. The molecule has 2 aromatic rings. The monoisotopic (exact) mass is 474 g/mol. The van der Waals surface area contributed by atoms with Crippen molar-refractivity contribution in [3.8, 4) is 0 Å². The first-order chi connectivity index (χ1) is 14.4. The number of nitrogens with one attached hydrogen (secondary N) is 1. The Morgan fingerprint density at radius 2 is 1.77 bits per heavy atom. The molecule has 1 heterocycles. The lowest BCUT2D eigenvalue weighted by atomic mass is 10.1. The van der Waals surface area contributed by atoms with E-state index in [0.29, 0.717) is 16.9 Å². The summed E-state index contributed by atoms with van der Waals surface area (Å²) in [6, 6.07) is 13.3. The summed E-state index contributed by atoms with van der Waals surface area (Å²) in [4.78, 5) is 49.5. The van der Waals surface area contributed by atoms with Crippen molar-refractivity contribution in [3.05, 3.63) is 58.6 Å². The normalized spacial score (nSPS) is 15.6. The molecule has 1 N–H and O–H groups in total. The molecule has 0 aromatic heterocycles. The average molecular weight is 475 g/mol. The Morgan fingerprint density at radius 1 is 1.10 bits per heavy atom. The number of benzene rings is 2. The largest absolute Gasteiger partial charge is 0.465 e. The molecule has 0 radical (unpaired) electrons. The zero-order valence-electron chi connectivity index (χ0n) is 16.1. The molecule has 3 rings (SSSR count). The van der Waals surface area contributed by atoms with Gasteiger partial charge in [-0.25, -0.2) is 4.79 Å². The highest BCUT2D eigenvalue weighted by Crippen LogP contribution is 2.26. The summed E-state index contributed by atoms with van der Waals surface area (Å²) in [5.41, 5.74) is 1.51. The van der Waals surface area contributed by atoms with Crippen molar-refractivity contribution in [2.45, 2.75) is 6.42 Å². The van der Waals surface area contributed by atoms with Crippen LogP contribution in [0.5, 0.6) is 0 Å². The van der Waals surface area contributed by atoms with Crippen molar-refractivity contribution in [1.82, 2.24) is 0 Å². The van der Waals surface area contributed by atoms with Gasteiger partial charge in [-0.1, -0.05) is 15.9 Å². The summed E-state index contributed by atoms with van der Waals surface area (Å²) in [6.07, 6.45) is -0.00802. The van der Waals surface area contributed by atoms with E-state index in [-0.39, 0.29) is 18.9 Å². The van der Waals surface area contributed by atoms with Gasteiger partial charge in [0.2, 0.25) is 5.91 Å². The molecule has 2 aromatic carbocycles. The lowest BCUT2D eigenvalue weighted by molar-refractivity contribution is -0.151. The molecule has 0 bridgehead atoms. The predicted octanol–water partition coefficient (Wildman–Crippen LogP) is 2.77. The number of esters is 2. The van der Waals surface area contributed by atoms with Crippen molar-refractivity contribution in [1.29, 1.82) is 0 Å². The Morgan fingerprint density at radius 3 is 2.40 bits per heavy atom. The third kappa shape index (κ3) is 5.24. The van der Waals surface area contributed by atoms with E-state index in [1.54, 1.807) is 48.5 Å². The topological polar surface area (TPSA) is 102 Å². The van der Waals surface area contributed by atoms with Gasteiger partial charge in [0.05, 0.1) is 18.6 Å². The molecule has 1 aliphatic rings. The van der Waals surface area contributed by atoms with Gasteiger partial charge in [0, 0.05) is 28.8 Å². The zero-order valence-corrected chi connectivity index (χ0v) is 17.7. The number of hydrogen-bond donors (Lipinski definition) is 1. The Hall–Kier alpha value is -3.20. The molecular formula is C21H19BrN2O6. The first kappa shape index (κ1) is 21.5. The Bertz CT molecular complexity index is 958. The smallest absolute Gasteiger partial charge is 0.337 e. The van der Waals surface area contributed by atoms with Gasteiger partial charge in [0.1, 0.15) is 0 Å². The molecule has 156 valence electrons. The SMILES string of the molecule is COC(=O)c1ccc(N2C[C@@H](C(=O)OCC(=O)Nc3ccc(Br)cc3)CC2=O)cc1. The molecule has 1 aliphatic heterocycles. The van der Waals surface area contributed by atoms with Crippen LogP contribution in [-0.4, -0.2) is 44.0 Å². The second-order valence-electron chi connectivity index (χ2n) is 6.61. The lowest BCUT2D eigenvalue weighted by Crippen LogP contribution is -2.28. The van der Waals surface area contributed by atoms with Crippen molar-refractivity contribution < 1.29 is 28.7 Å². The minimum Gasteiger partial charge on any atom is -0.465 e. The molecule has 0 spiro atoms. The van der Waals surface area contributed by atoms with Gasteiger partial charge in [-0.3, -0.25) is 14.4 Å². The van der Waals surface area contributed by atoms with Crippen LogP contribution in [0.2, 0.25) is 0 Å². The van der Waals surface area contributed by atoms with Crippen molar-refractivity contribution >= 4 is 51.1 Å². The maximum absolute atomic E-state index is 12.3. The van der Waals surface area contributed by atoms with Crippen LogP contribution in [0, 0.1) is 5.92 Å². The molecule has 1 fully saturated rings. The van der Waals surface area contributed by atoms with E-state index >= 15 is 0 Å². The van der Waals surface area contributed by atoms with Gasteiger partial charge in [-0.2, -0.15) is 0 Å². The summed E-state index contributed by atoms with van der Waals surface area (Å²) >= 11 is 3.30. The van der Waals surface area contributed by atoms with E-state index < -0.39 is 30.4 Å². The standard InChI is InChI=1S/C21H19BrN2O6/c1-29-20(27)13-2-8-17(9-3-13)24-11-14(10-19(24)26)21(28)30-12-18(25)23-16-6-4-15(22)5-7-16/h2-9,14H,10-12H2,1H3,(H,23,25)/t14-/m0/s1. The first-order valence-corrected chi connectivity index (χ1v) is 9.87. The zero-order chi connectivity index (χ0) is 21.7. The number of methoxy groups -OCH3 is 1. The number of nitrogens with zero attached hydrogens (tertiary/aromatic N) is 1. The number of carbonyl (C=O) groups excluding carboxylic acids is 4. The van der Waals surface area contributed by atoms with Gasteiger partial charge in [-0.15, -0.1) is 0 Å². The molecule has 0 unspecified atom stereocenters. The van der Waals surface area contributed by atoms with Gasteiger partial charge in [0.25, 0.3) is 5.91 Å². The van der Waals surface area contributed by atoms with Crippen molar-refractivity contribution in [3.63, 3.8) is 0 Å². The predicted molar refractivity (Wildman–Crippen MR) is 112 cm³/mol. The summed E-state index contributed by atoms with van der Waals surface area (Å²) in [6.45, 7) is -0.295. The van der Waals surface area contributed by atoms with E-state index in [2.05, 4.69) is 26.0 Å². The molecular weight excluding hydrogens is 456 g/mol. The average Bonchev–Trinajstić information content (AvgIpc) is 3.15. The number of halogens is 1. The maximum Gasteiger partial charge on any atom is 0.337 e. The maximum atomic E-state index is 12.3. The number of amides is 2. The minimum absolute atomic E-state index is 0.00802. The number of hydrogen-bond acceptors (Lipinski definition) is 6. The molecule has 0 saturated carbocycles. The lowest BCUT2D eigenvalue weighted by Gasteiger charge is -2.16. The van der Waals surface area contributed by atoms with Crippen LogP contribution in [0.4, 0.5) is 11.4 Å². The molecule has 1 saturated heterocycles.